The zero-order chi connectivity index (χ0) is 15.7. The van der Waals surface area contributed by atoms with E-state index in [4.69, 9.17) is 0 Å². The Kier molecular flexibility index (Phi) is 4.27. The van der Waals surface area contributed by atoms with Gasteiger partial charge in [0.2, 0.25) is 5.91 Å². The third-order valence-corrected chi connectivity index (χ3v) is 4.22. The number of carbonyl (C=O) groups is 1. The highest BCUT2D eigenvalue weighted by molar-refractivity contribution is 5.96. The van der Waals surface area contributed by atoms with Crippen molar-refractivity contribution in [3.05, 3.63) is 29.8 Å². The van der Waals surface area contributed by atoms with Crippen molar-refractivity contribution in [1.82, 2.24) is 5.32 Å². The van der Waals surface area contributed by atoms with Crippen molar-refractivity contribution < 1.29 is 18.0 Å². The third kappa shape index (κ3) is 3.20. The second kappa shape index (κ2) is 5.67. The molecule has 1 unspecified atom stereocenters. The highest BCUT2D eigenvalue weighted by atomic mass is 19.4. The second-order valence-electron chi connectivity index (χ2n) is 5.77. The van der Waals surface area contributed by atoms with Crippen molar-refractivity contribution in [2.45, 2.75) is 26.4 Å². The van der Waals surface area contributed by atoms with E-state index in [1.807, 2.05) is 13.8 Å². The van der Waals surface area contributed by atoms with Gasteiger partial charge in [-0.2, -0.15) is 13.2 Å². The van der Waals surface area contributed by atoms with E-state index in [2.05, 4.69) is 10.6 Å². The summed E-state index contributed by atoms with van der Waals surface area (Å²) < 4.78 is 37.5. The fraction of sp³-hybridized carbons (Fsp3) is 0.533. The van der Waals surface area contributed by atoms with Crippen molar-refractivity contribution >= 4 is 11.6 Å². The van der Waals surface area contributed by atoms with Crippen molar-refractivity contribution in [3.63, 3.8) is 0 Å². The molecule has 1 fully saturated rings. The predicted octanol–water partition coefficient (Wildman–Crippen LogP) is 3.28. The number of amides is 1. The van der Waals surface area contributed by atoms with Crippen molar-refractivity contribution in [1.29, 1.82) is 0 Å². The molecule has 1 amide bonds. The molecule has 116 valence electrons. The van der Waals surface area contributed by atoms with E-state index in [9.17, 15) is 18.0 Å². The molecule has 1 aliphatic rings. The summed E-state index contributed by atoms with van der Waals surface area (Å²) in [5, 5.41) is 5.92. The van der Waals surface area contributed by atoms with Gasteiger partial charge in [0, 0.05) is 12.2 Å². The summed E-state index contributed by atoms with van der Waals surface area (Å²) in [4.78, 5) is 12.5. The molecule has 0 aromatic heterocycles. The van der Waals surface area contributed by atoms with Gasteiger partial charge in [-0.3, -0.25) is 4.79 Å². The maximum Gasteiger partial charge on any atom is 0.416 e. The standard InChI is InChI=1S/C15H19F3N2O/c1-10(2)14(7-8-19-9-14)13(21)20-12-5-3-11(4-6-12)15(16,17)18/h3-6,10,19H,7-9H2,1-2H3,(H,20,21). The highest BCUT2D eigenvalue weighted by Gasteiger charge is 2.43. The van der Waals surface area contributed by atoms with Crippen molar-refractivity contribution in [2.24, 2.45) is 11.3 Å². The number of benzene rings is 1. The lowest BCUT2D eigenvalue weighted by atomic mass is 9.75. The third-order valence-electron chi connectivity index (χ3n) is 4.22. The van der Waals surface area contributed by atoms with Crippen LogP contribution in [0.3, 0.4) is 0 Å². The van der Waals surface area contributed by atoms with Gasteiger partial charge < -0.3 is 10.6 Å². The Morgan fingerprint density at radius 1 is 1.29 bits per heavy atom. The first-order chi connectivity index (χ1) is 9.75. The van der Waals surface area contributed by atoms with Crippen LogP contribution in [0.5, 0.6) is 0 Å². The normalized spacial score (nSPS) is 22.6. The van der Waals surface area contributed by atoms with Crippen LogP contribution < -0.4 is 10.6 Å². The van der Waals surface area contributed by atoms with Crippen LogP contribution in [-0.2, 0) is 11.0 Å². The first-order valence-electron chi connectivity index (χ1n) is 6.95. The molecular formula is C15H19F3N2O. The van der Waals surface area contributed by atoms with Crippen LogP contribution in [0.2, 0.25) is 0 Å². The van der Waals surface area contributed by atoms with Gasteiger partial charge in [-0.25, -0.2) is 0 Å². The molecule has 0 saturated carbocycles. The van der Waals surface area contributed by atoms with Gasteiger partial charge in [0.05, 0.1) is 11.0 Å². The van der Waals surface area contributed by atoms with Crippen LogP contribution in [0.4, 0.5) is 18.9 Å². The van der Waals surface area contributed by atoms with Gasteiger partial charge in [0.1, 0.15) is 0 Å². The van der Waals surface area contributed by atoms with Crippen LogP contribution in [0.1, 0.15) is 25.8 Å². The lowest BCUT2D eigenvalue weighted by Crippen LogP contribution is -2.42. The minimum atomic E-state index is -4.36. The van der Waals surface area contributed by atoms with E-state index in [1.54, 1.807) is 0 Å². The molecule has 6 heteroatoms. The highest BCUT2D eigenvalue weighted by Crippen LogP contribution is 2.36. The van der Waals surface area contributed by atoms with E-state index < -0.39 is 17.2 Å². The van der Waals surface area contributed by atoms with Gasteiger partial charge >= 0.3 is 6.18 Å². The summed E-state index contributed by atoms with van der Waals surface area (Å²) in [7, 11) is 0. The van der Waals surface area contributed by atoms with E-state index in [0.29, 0.717) is 12.2 Å². The van der Waals surface area contributed by atoms with E-state index in [0.717, 1.165) is 25.1 Å². The molecule has 2 rings (SSSR count). The summed E-state index contributed by atoms with van der Waals surface area (Å²) in [6.45, 7) is 5.34. The lowest BCUT2D eigenvalue weighted by Gasteiger charge is -2.31. The van der Waals surface area contributed by atoms with E-state index in [1.165, 1.54) is 12.1 Å². The predicted molar refractivity (Wildman–Crippen MR) is 74.8 cm³/mol. The van der Waals surface area contributed by atoms with Crippen LogP contribution in [0.25, 0.3) is 0 Å². The Morgan fingerprint density at radius 2 is 1.90 bits per heavy atom. The first-order valence-corrected chi connectivity index (χ1v) is 6.95. The zero-order valence-corrected chi connectivity index (χ0v) is 12.1. The molecule has 1 atom stereocenters. The largest absolute Gasteiger partial charge is 0.416 e. The molecule has 1 aliphatic heterocycles. The fourth-order valence-electron chi connectivity index (χ4n) is 2.66. The number of halogens is 3. The molecule has 0 bridgehead atoms. The topological polar surface area (TPSA) is 41.1 Å². The van der Waals surface area contributed by atoms with Gasteiger partial charge in [-0.05, 0) is 43.1 Å². The molecule has 2 N–H and O–H groups in total. The maximum atomic E-state index is 12.5. The second-order valence-corrected chi connectivity index (χ2v) is 5.77. The number of anilines is 1. The Hall–Kier alpha value is -1.56. The number of nitrogens with one attached hydrogen (secondary N) is 2. The maximum absolute atomic E-state index is 12.5. The SMILES string of the molecule is CC(C)C1(C(=O)Nc2ccc(C(F)(F)F)cc2)CCNC1. The van der Waals surface area contributed by atoms with Gasteiger partial charge in [-0.1, -0.05) is 13.8 Å². The van der Waals surface area contributed by atoms with Crippen LogP contribution in [0, 0.1) is 11.3 Å². The smallest absolute Gasteiger partial charge is 0.326 e. The summed E-state index contributed by atoms with van der Waals surface area (Å²) in [5.74, 6) is 0.0178. The Labute approximate surface area is 121 Å². The minimum absolute atomic E-state index is 0.137. The summed E-state index contributed by atoms with van der Waals surface area (Å²) in [6, 6.07) is 4.53. The molecular weight excluding hydrogens is 281 g/mol. The Morgan fingerprint density at radius 3 is 2.33 bits per heavy atom. The van der Waals surface area contributed by atoms with Crippen molar-refractivity contribution in [3.8, 4) is 0 Å². The van der Waals surface area contributed by atoms with Gasteiger partial charge in [0.25, 0.3) is 0 Å². The molecule has 0 radical (unpaired) electrons. The summed E-state index contributed by atoms with van der Waals surface area (Å²) in [6.07, 6.45) is -3.63. The molecule has 1 heterocycles. The molecule has 3 nitrogen and oxygen atoms in total. The molecule has 1 aromatic carbocycles. The Balaban J connectivity index is 2.12. The van der Waals surface area contributed by atoms with Crippen LogP contribution in [0.15, 0.2) is 24.3 Å². The summed E-state index contributed by atoms with van der Waals surface area (Å²) >= 11 is 0. The monoisotopic (exact) mass is 300 g/mol. The van der Waals surface area contributed by atoms with Gasteiger partial charge in [-0.15, -0.1) is 0 Å². The number of hydrogen-bond donors (Lipinski definition) is 2. The molecule has 0 aliphatic carbocycles. The lowest BCUT2D eigenvalue weighted by molar-refractivity contribution is -0.137. The van der Waals surface area contributed by atoms with E-state index >= 15 is 0 Å². The number of alkyl halides is 3. The van der Waals surface area contributed by atoms with Crippen molar-refractivity contribution in [2.75, 3.05) is 18.4 Å². The Bertz CT molecular complexity index is 503. The van der Waals surface area contributed by atoms with Gasteiger partial charge in [0.15, 0.2) is 0 Å². The number of rotatable bonds is 3. The molecule has 1 saturated heterocycles. The molecule has 1 aromatic rings. The minimum Gasteiger partial charge on any atom is -0.326 e. The fourth-order valence-corrected chi connectivity index (χ4v) is 2.66. The van der Waals surface area contributed by atoms with Crippen LogP contribution >= 0.6 is 0 Å². The van der Waals surface area contributed by atoms with E-state index in [-0.39, 0.29) is 11.8 Å². The first kappa shape index (κ1) is 15.8. The molecule has 21 heavy (non-hydrogen) atoms. The number of carbonyl (C=O) groups excluding carboxylic acids is 1. The average Bonchev–Trinajstić information content (AvgIpc) is 2.89. The van der Waals surface area contributed by atoms with Crippen LogP contribution in [-0.4, -0.2) is 19.0 Å². The average molecular weight is 300 g/mol. The molecule has 0 spiro atoms. The zero-order valence-electron chi connectivity index (χ0n) is 12.1. The quantitative estimate of drug-likeness (QED) is 0.899. The number of hydrogen-bond acceptors (Lipinski definition) is 2. The summed E-state index contributed by atoms with van der Waals surface area (Å²) in [5.41, 5.74) is -0.829.